The van der Waals surface area contributed by atoms with E-state index in [9.17, 15) is 9.59 Å². The zero-order valence-corrected chi connectivity index (χ0v) is 17.8. The maximum atomic E-state index is 13.6. The highest BCUT2D eigenvalue weighted by Crippen LogP contribution is 2.62. The van der Waals surface area contributed by atoms with Crippen LogP contribution in [0.5, 0.6) is 0 Å². The summed E-state index contributed by atoms with van der Waals surface area (Å²) >= 11 is 10.1. The Balaban J connectivity index is 1.89. The fraction of sp³-hybridized carbons (Fsp3) is 0.130. The first-order valence-electron chi connectivity index (χ1n) is 9.21. The number of rotatable bonds is 1. The van der Waals surface area contributed by atoms with Gasteiger partial charge in [-0.05, 0) is 42.0 Å². The van der Waals surface area contributed by atoms with E-state index in [4.69, 9.17) is 11.6 Å². The van der Waals surface area contributed by atoms with E-state index < -0.39 is 5.66 Å². The minimum atomic E-state index is -1.06. The van der Waals surface area contributed by atoms with Crippen LogP contribution in [0.4, 0.5) is 11.4 Å². The van der Waals surface area contributed by atoms with E-state index in [1.807, 2.05) is 66.7 Å². The van der Waals surface area contributed by atoms with Crippen molar-refractivity contribution in [1.29, 1.82) is 0 Å². The minimum Gasteiger partial charge on any atom is -0.282 e. The van der Waals surface area contributed by atoms with Crippen LogP contribution in [0.25, 0.3) is 0 Å². The SMILES string of the molecule is CC(=O)N1c2ccc(Cl)cc2[C@H](Br)[C@]12c1ccccc1C(=O)N2c1ccccc1. The van der Waals surface area contributed by atoms with Crippen molar-refractivity contribution in [2.45, 2.75) is 17.4 Å². The molecule has 0 N–H and O–H groups in total. The molecule has 29 heavy (non-hydrogen) atoms. The van der Waals surface area contributed by atoms with Crippen LogP contribution in [0.1, 0.15) is 33.2 Å². The predicted octanol–water partition coefficient (Wildman–Crippen LogP) is 5.66. The third-order valence-electron chi connectivity index (χ3n) is 5.63. The number of carbonyl (C=O) groups is 2. The Labute approximate surface area is 181 Å². The number of alkyl halides is 1. The summed E-state index contributed by atoms with van der Waals surface area (Å²) in [6.45, 7) is 1.53. The molecule has 2 aliphatic rings. The van der Waals surface area contributed by atoms with Crippen LogP contribution in [0.2, 0.25) is 5.02 Å². The summed E-state index contributed by atoms with van der Waals surface area (Å²) in [5.74, 6) is -0.289. The molecule has 0 aliphatic carbocycles. The lowest BCUT2D eigenvalue weighted by atomic mass is 9.93. The van der Waals surface area contributed by atoms with Crippen LogP contribution in [0.15, 0.2) is 72.8 Å². The van der Waals surface area contributed by atoms with Crippen molar-refractivity contribution in [3.05, 3.63) is 94.5 Å². The van der Waals surface area contributed by atoms with Crippen LogP contribution in [-0.4, -0.2) is 11.8 Å². The van der Waals surface area contributed by atoms with Gasteiger partial charge in [-0.1, -0.05) is 63.9 Å². The lowest BCUT2D eigenvalue weighted by Gasteiger charge is -2.44. The zero-order valence-electron chi connectivity index (χ0n) is 15.5. The molecule has 1 spiro atoms. The van der Waals surface area contributed by atoms with E-state index in [1.165, 1.54) is 6.92 Å². The van der Waals surface area contributed by atoms with E-state index in [1.54, 1.807) is 15.9 Å². The number of carbonyl (C=O) groups excluding carboxylic acids is 2. The van der Waals surface area contributed by atoms with Gasteiger partial charge < -0.3 is 0 Å². The summed E-state index contributed by atoms with van der Waals surface area (Å²) in [5, 5.41) is 0.581. The average molecular weight is 468 g/mol. The number of halogens is 2. The van der Waals surface area contributed by atoms with E-state index in [2.05, 4.69) is 15.9 Å². The number of amides is 2. The summed E-state index contributed by atoms with van der Waals surface area (Å²) < 4.78 is 0. The lowest BCUT2D eigenvalue weighted by Crippen LogP contribution is -2.57. The number of hydrogen-bond acceptors (Lipinski definition) is 2. The van der Waals surface area contributed by atoms with Gasteiger partial charge in [0.15, 0.2) is 5.66 Å². The lowest BCUT2D eigenvalue weighted by molar-refractivity contribution is -0.117. The summed E-state index contributed by atoms with van der Waals surface area (Å²) in [6, 6.07) is 22.4. The van der Waals surface area contributed by atoms with Gasteiger partial charge in [-0.25, -0.2) is 0 Å². The van der Waals surface area contributed by atoms with Crippen molar-refractivity contribution < 1.29 is 9.59 Å². The highest BCUT2D eigenvalue weighted by molar-refractivity contribution is 9.09. The van der Waals surface area contributed by atoms with Gasteiger partial charge in [0, 0.05) is 28.8 Å². The molecule has 0 saturated heterocycles. The molecule has 3 aromatic rings. The number of nitrogens with zero attached hydrogens (tertiary/aromatic N) is 2. The molecular weight excluding hydrogens is 452 g/mol. The Morgan fingerprint density at radius 1 is 1.03 bits per heavy atom. The maximum Gasteiger partial charge on any atom is 0.260 e. The first-order valence-corrected chi connectivity index (χ1v) is 10.5. The van der Waals surface area contributed by atoms with Gasteiger partial charge in [0.2, 0.25) is 5.91 Å². The molecule has 0 fully saturated rings. The molecule has 5 rings (SSSR count). The Morgan fingerprint density at radius 3 is 2.45 bits per heavy atom. The van der Waals surface area contributed by atoms with E-state index in [-0.39, 0.29) is 16.6 Å². The monoisotopic (exact) mass is 466 g/mol. The van der Waals surface area contributed by atoms with E-state index >= 15 is 0 Å². The van der Waals surface area contributed by atoms with Crippen LogP contribution in [-0.2, 0) is 10.5 Å². The topological polar surface area (TPSA) is 40.6 Å². The molecule has 2 amide bonds. The van der Waals surface area contributed by atoms with Crippen LogP contribution in [0, 0.1) is 0 Å². The van der Waals surface area contributed by atoms with Crippen LogP contribution in [0.3, 0.4) is 0 Å². The van der Waals surface area contributed by atoms with Crippen molar-refractivity contribution in [2.24, 2.45) is 0 Å². The quantitative estimate of drug-likeness (QED) is 0.434. The number of hydrogen-bond donors (Lipinski definition) is 0. The van der Waals surface area contributed by atoms with Gasteiger partial charge in [-0.3, -0.25) is 19.4 Å². The van der Waals surface area contributed by atoms with Crippen molar-refractivity contribution >= 4 is 50.7 Å². The second kappa shape index (κ2) is 6.44. The maximum absolute atomic E-state index is 13.6. The average Bonchev–Trinajstić information content (AvgIpc) is 3.13. The number of fused-ring (bicyclic) bond motifs is 3. The third kappa shape index (κ3) is 2.31. The van der Waals surface area contributed by atoms with Gasteiger partial charge in [0.25, 0.3) is 5.91 Å². The molecule has 0 radical (unpaired) electrons. The van der Waals surface area contributed by atoms with E-state index in [0.717, 1.165) is 22.5 Å². The summed E-state index contributed by atoms with van der Waals surface area (Å²) in [7, 11) is 0. The molecule has 2 heterocycles. The molecule has 0 unspecified atom stereocenters. The van der Waals surface area contributed by atoms with Crippen molar-refractivity contribution in [3.63, 3.8) is 0 Å². The predicted molar refractivity (Wildman–Crippen MR) is 118 cm³/mol. The molecule has 2 aliphatic heterocycles. The highest BCUT2D eigenvalue weighted by atomic mass is 79.9. The van der Waals surface area contributed by atoms with Gasteiger partial charge in [-0.15, -0.1) is 0 Å². The molecule has 6 heteroatoms. The van der Waals surface area contributed by atoms with E-state index in [0.29, 0.717) is 10.6 Å². The number of para-hydroxylation sites is 1. The Hall–Kier alpha value is -2.63. The molecule has 3 aromatic carbocycles. The highest BCUT2D eigenvalue weighted by Gasteiger charge is 2.63. The minimum absolute atomic E-state index is 0.138. The fourth-order valence-corrected chi connectivity index (χ4v) is 5.81. The Kier molecular flexibility index (Phi) is 4.09. The summed E-state index contributed by atoms with van der Waals surface area (Å²) in [4.78, 5) is 29.7. The van der Waals surface area contributed by atoms with Gasteiger partial charge >= 0.3 is 0 Å². The number of benzene rings is 3. The Morgan fingerprint density at radius 2 is 1.72 bits per heavy atom. The molecular formula is C23H16BrClN2O2. The largest absolute Gasteiger partial charge is 0.282 e. The molecule has 0 saturated carbocycles. The second-order valence-electron chi connectivity index (χ2n) is 7.17. The normalized spacial score (nSPS) is 22.2. The summed E-state index contributed by atoms with van der Waals surface area (Å²) in [5.41, 5.74) is 2.66. The Bertz CT molecular complexity index is 1170. The van der Waals surface area contributed by atoms with Crippen molar-refractivity contribution in [3.8, 4) is 0 Å². The summed E-state index contributed by atoms with van der Waals surface area (Å²) in [6.07, 6.45) is 0. The van der Waals surface area contributed by atoms with Crippen molar-refractivity contribution in [2.75, 3.05) is 9.80 Å². The first-order chi connectivity index (χ1) is 14.0. The zero-order chi connectivity index (χ0) is 20.3. The van der Waals surface area contributed by atoms with Gasteiger partial charge in [-0.2, -0.15) is 0 Å². The smallest absolute Gasteiger partial charge is 0.260 e. The van der Waals surface area contributed by atoms with Gasteiger partial charge in [0.05, 0.1) is 10.5 Å². The van der Waals surface area contributed by atoms with Crippen LogP contribution < -0.4 is 9.80 Å². The molecule has 2 atom stereocenters. The molecule has 0 aromatic heterocycles. The fourth-order valence-electron chi connectivity index (χ4n) is 4.60. The standard InChI is InChI=1S/C23H16BrClN2O2/c1-14(28)26-20-12-11-15(25)13-18(20)21(24)23(26)19-10-6-5-9-17(19)22(29)27(23)16-7-3-2-4-8-16/h2-13,21H,1H3/t21-,23+/m0/s1. The molecule has 144 valence electrons. The third-order valence-corrected chi connectivity index (χ3v) is 6.99. The van der Waals surface area contributed by atoms with Gasteiger partial charge in [0.1, 0.15) is 0 Å². The van der Waals surface area contributed by atoms with Crippen molar-refractivity contribution in [1.82, 2.24) is 0 Å². The first kappa shape index (κ1) is 18.4. The number of anilines is 2. The molecule has 0 bridgehead atoms. The molecule has 4 nitrogen and oxygen atoms in total. The second-order valence-corrected chi connectivity index (χ2v) is 8.52. The van der Waals surface area contributed by atoms with Crippen LogP contribution >= 0.6 is 27.5 Å².